The Hall–Kier alpha value is -4.40. The lowest BCUT2D eigenvalue weighted by Gasteiger charge is -2.35. The number of nitrogens with zero attached hydrogens (tertiary/aromatic N) is 2. The van der Waals surface area contributed by atoms with Crippen molar-refractivity contribution in [2.24, 2.45) is 5.92 Å². The highest BCUT2D eigenvalue weighted by Gasteiger charge is 2.31. The van der Waals surface area contributed by atoms with Gasteiger partial charge in [0.25, 0.3) is 15.9 Å². The summed E-state index contributed by atoms with van der Waals surface area (Å²) in [6, 6.07) is 14.9. The van der Waals surface area contributed by atoms with Gasteiger partial charge in [0.2, 0.25) is 0 Å². The molecule has 0 radical (unpaired) electrons. The van der Waals surface area contributed by atoms with Crippen LogP contribution >= 0.6 is 0 Å². The molecule has 0 bridgehead atoms. The van der Waals surface area contributed by atoms with Crippen LogP contribution in [0, 0.1) is 11.7 Å². The second-order valence-electron chi connectivity index (χ2n) is 12.6. The lowest BCUT2D eigenvalue weighted by Crippen LogP contribution is -2.48. The number of anilines is 2. The number of aliphatic hydroxyl groups excluding tert-OH is 1. The van der Waals surface area contributed by atoms with Crippen molar-refractivity contribution in [3.8, 4) is 11.5 Å². The van der Waals surface area contributed by atoms with Crippen LogP contribution in [0.25, 0.3) is 0 Å². The van der Waals surface area contributed by atoms with Gasteiger partial charge >= 0.3 is 6.03 Å². The molecule has 14 heteroatoms. The number of carbonyl (C=O) groups excluding carboxylic acids is 2. The molecule has 3 aromatic rings. The molecule has 1 heterocycles. The molecule has 0 fully saturated rings. The summed E-state index contributed by atoms with van der Waals surface area (Å²) in [7, 11) is -0.872. The van der Waals surface area contributed by atoms with E-state index < -0.39 is 33.9 Å². The number of hydrogen-bond acceptors (Lipinski definition) is 8. The molecule has 4 rings (SSSR count). The Kier molecular flexibility index (Phi) is 13.4. The minimum Gasteiger partial charge on any atom is -0.497 e. The molecular weight excluding hydrogens is 667 g/mol. The number of urea groups is 1. The number of sulfonamides is 1. The number of halogens is 1. The Labute approximate surface area is 293 Å². The molecule has 0 unspecified atom stereocenters. The zero-order valence-corrected chi connectivity index (χ0v) is 29.9. The van der Waals surface area contributed by atoms with Gasteiger partial charge in [-0.15, -0.1) is 0 Å². The summed E-state index contributed by atoms with van der Waals surface area (Å²) in [5.74, 6) is -0.411. The lowest BCUT2D eigenvalue weighted by atomic mass is 10.0. The van der Waals surface area contributed by atoms with Gasteiger partial charge in [0.15, 0.2) is 0 Å². The van der Waals surface area contributed by atoms with Crippen molar-refractivity contribution in [1.82, 2.24) is 9.80 Å². The molecule has 0 spiro atoms. The van der Waals surface area contributed by atoms with Gasteiger partial charge in [-0.2, -0.15) is 0 Å². The number of amides is 3. The summed E-state index contributed by atoms with van der Waals surface area (Å²) in [4.78, 5) is 30.4. The molecule has 0 aromatic heterocycles. The molecule has 0 aliphatic carbocycles. The number of likely N-dealkylation sites (N-methyl/N-ethyl adjacent to an activating group) is 1. The fraction of sp³-hybridized carbons (Fsp3) is 0.444. The Morgan fingerprint density at radius 2 is 1.76 bits per heavy atom. The quantitative estimate of drug-likeness (QED) is 0.260. The van der Waals surface area contributed by atoms with Gasteiger partial charge in [0.1, 0.15) is 17.3 Å². The summed E-state index contributed by atoms with van der Waals surface area (Å²) in [5, 5.41) is 13.1. The maximum Gasteiger partial charge on any atom is 0.321 e. The highest BCUT2D eigenvalue weighted by atomic mass is 32.2. The van der Waals surface area contributed by atoms with Gasteiger partial charge in [0.05, 0.1) is 42.4 Å². The number of hydrogen-bond donors (Lipinski definition) is 3. The maximum atomic E-state index is 14.4. The second-order valence-corrected chi connectivity index (χ2v) is 14.3. The Morgan fingerprint density at radius 3 is 2.42 bits per heavy atom. The predicted molar refractivity (Wildman–Crippen MR) is 189 cm³/mol. The molecule has 4 atom stereocenters. The number of aliphatic hydroxyl groups is 1. The largest absolute Gasteiger partial charge is 0.497 e. The summed E-state index contributed by atoms with van der Waals surface area (Å²) in [5.41, 5.74) is 0.814. The number of carbonyl (C=O) groups is 2. The van der Waals surface area contributed by atoms with E-state index in [0.29, 0.717) is 24.5 Å². The third-order valence-corrected chi connectivity index (χ3v) is 9.97. The van der Waals surface area contributed by atoms with Crippen LogP contribution in [-0.2, 0) is 14.8 Å². The van der Waals surface area contributed by atoms with Crippen LogP contribution in [0.3, 0.4) is 0 Å². The molecule has 1 aliphatic rings. The van der Waals surface area contributed by atoms with Crippen molar-refractivity contribution >= 4 is 33.3 Å². The SMILES string of the molecule is COc1ccc(NC(=O)N(C)C[C@@H]2OCCCC[C@@H](C)Oc3ccc(NS(=O)(=O)c4ccc(F)cc4)cc3C(=O)N([C@@H](C)CO)C[C@H]2C)cc1. The molecule has 1 aliphatic heterocycles. The normalized spacial score (nSPS) is 19.7. The third-order valence-electron chi connectivity index (χ3n) is 8.57. The zero-order valence-electron chi connectivity index (χ0n) is 29.1. The molecule has 272 valence electrons. The Morgan fingerprint density at radius 1 is 1.08 bits per heavy atom. The highest BCUT2D eigenvalue weighted by Crippen LogP contribution is 2.30. The summed E-state index contributed by atoms with van der Waals surface area (Å²) in [6.45, 7) is 6.00. The number of methoxy groups -OCH3 is 1. The summed E-state index contributed by atoms with van der Waals surface area (Å²) >= 11 is 0. The van der Waals surface area contributed by atoms with Crippen molar-refractivity contribution < 1.29 is 41.7 Å². The number of fused-ring (bicyclic) bond motifs is 1. The number of ether oxygens (including phenoxy) is 3. The van der Waals surface area contributed by atoms with Crippen LogP contribution in [0.5, 0.6) is 11.5 Å². The van der Waals surface area contributed by atoms with Crippen LogP contribution in [0.15, 0.2) is 71.6 Å². The van der Waals surface area contributed by atoms with Gasteiger partial charge in [-0.1, -0.05) is 6.92 Å². The van der Waals surface area contributed by atoms with Crippen LogP contribution in [0.2, 0.25) is 0 Å². The third kappa shape index (κ3) is 10.3. The fourth-order valence-electron chi connectivity index (χ4n) is 5.52. The number of nitrogens with one attached hydrogen (secondary N) is 2. The molecule has 3 aromatic carbocycles. The average molecular weight is 715 g/mol. The van der Waals surface area contributed by atoms with E-state index in [1.807, 2.05) is 13.8 Å². The van der Waals surface area contributed by atoms with E-state index in [0.717, 1.165) is 37.1 Å². The van der Waals surface area contributed by atoms with Crippen LogP contribution in [0.4, 0.5) is 20.6 Å². The first-order valence-corrected chi connectivity index (χ1v) is 18.1. The van der Waals surface area contributed by atoms with E-state index >= 15 is 0 Å². The van der Waals surface area contributed by atoms with E-state index in [4.69, 9.17) is 14.2 Å². The van der Waals surface area contributed by atoms with Crippen molar-refractivity contribution in [2.45, 2.75) is 63.2 Å². The molecule has 50 heavy (non-hydrogen) atoms. The predicted octanol–water partition coefficient (Wildman–Crippen LogP) is 5.59. The van der Waals surface area contributed by atoms with E-state index in [2.05, 4.69) is 10.0 Å². The lowest BCUT2D eigenvalue weighted by molar-refractivity contribution is -0.0115. The van der Waals surface area contributed by atoms with Crippen LogP contribution in [-0.4, -0.2) is 94.0 Å². The minimum absolute atomic E-state index is 0.106. The summed E-state index contributed by atoms with van der Waals surface area (Å²) in [6.07, 6.45) is 1.44. The molecule has 0 saturated carbocycles. The smallest absolute Gasteiger partial charge is 0.321 e. The van der Waals surface area contributed by atoms with E-state index in [9.17, 15) is 27.5 Å². The van der Waals surface area contributed by atoms with Crippen molar-refractivity contribution in [3.63, 3.8) is 0 Å². The van der Waals surface area contributed by atoms with Crippen LogP contribution in [0.1, 0.15) is 50.4 Å². The van der Waals surface area contributed by atoms with Crippen LogP contribution < -0.4 is 19.5 Å². The van der Waals surface area contributed by atoms with Crippen molar-refractivity contribution in [2.75, 3.05) is 50.5 Å². The fourth-order valence-corrected chi connectivity index (χ4v) is 6.57. The first kappa shape index (κ1) is 38.4. The van der Waals surface area contributed by atoms with Gasteiger partial charge in [-0.05, 0) is 99.8 Å². The first-order valence-electron chi connectivity index (χ1n) is 16.6. The standard InChI is InChI=1S/C36H47FN4O8S/c1-24-21-41(25(2)23-42)35(43)32-20-29(39-50(45,46)31-16-9-27(37)10-17-31)13-18-33(32)49-26(3)8-6-7-19-48-34(24)22-40(4)36(44)38-28-11-14-30(47-5)15-12-28/h9-18,20,24-26,34,39,42H,6-8,19,21-23H2,1-5H3,(H,38,44)/t24-,25+,26-,34+/m1/s1. The van der Waals surface area contributed by atoms with Gasteiger partial charge < -0.3 is 34.4 Å². The monoisotopic (exact) mass is 714 g/mol. The van der Waals surface area contributed by atoms with Crippen molar-refractivity contribution in [3.05, 3.63) is 78.1 Å². The van der Waals surface area contributed by atoms with Gasteiger partial charge in [0, 0.05) is 44.0 Å². The summed E-state index contributed by atoms with van der Waals surface area (Å²) < 4.78 is 59.9. The number of rotatable bonds is 9. The highest BCUT2D eigenvalue weighted by molar-refractivity contribution is 7.92. The Bertz CT molecular complexity index is 1690. The molecular formula is C36H47FN4O8S. The average Bonchev–Trinajstić information content (AvgIpc) is 3.09. The molecule has 3 amide bonds. The van der Waals surface area contributed by atoms with Gasteiger partial charge in [-0.3, -0.25) is 9.52 Å². The van der Waals surface area contributed by atoms with Gasteiger partial charge in [-0.25, -0.2) is 17.6 Å². The van der Waals surface area contributed by atoms with E-state index in [-0.39, 0.29) is 59.6 Å². The minimum atomic E-state index is -4.11. The first-order chi connectivity index (χ1) is 23.8. The molecule has 0 saturated heterocycles. The number of benzene rings is 3. The second kappa shape index (κ2) is 17.5. The van der Waals surface area contributed by atoms with E-state index in [1.165, 1.54) is 21.9 Å². The van der Waals surface area contributed by atoms with E-state index in [1.54, 1.807) is 51.4 Å². The molecule has 3 N–H and O–H groups in total. The Balaban J connectivity index is 1.61. The zero-order chi connectivity index (χ0) is 36.4. The molecule has 12 nitrogen and oxygen atoms in total. The van der Waals surface area contributed by atoms with Crippen molar-refractivity contribution in [1.29, 1.82) is 0 Å². The maximum absolute atomic E-state index is 14.4. The topological polar surface area (TPSA) is 147 Å².